The molecule has 4 nitrogen and oxygen atoms in total. The van der Waals surface area contributed by atoms with Gasteiger partial charge in [0.15, 0.2) is 6.61 Å². The summed E-state index contributed by atoms with van der Waals surface area (Å²) in [7, 11) is 0. The number of benzene rings is 1. The van der Waals surface area contributed by atoms with E-state index in [0.29, 0.717) is 11.6 Å². The maximum Gasteiger partial charge on any atom is 0.263 e. The summed E-state index contributed by atoms with van der Waals surface area (Å²) in [6, 6.07) is 10.9. The molecule has 0 spiro atoms. The van der Waals surface area contributed by atoms with Gasteiger partial charge in [-0.2, -0.15) is 0 Å². The van der Waals surface area contributed by atoms with Crippen molar-refractivity contribution in [3.63, 3.8) is 0 Å². The third-order valence-electron chi connectivity index (χ3n) is 2.43. The van der Waals surface area contributed by atoms with Crippen molar-refractivity contribution in [3.05, 3.63) is 52.6 Å². The molecule has 0 fully saturated rings. The van der Waals surface area contributed by atoms with Crippen LogP contribution in [0.3, 0.4) is 0 Å². The zero-order chi connectivity index (χ0) is 13.7. The zero-order valence-electron chi connectivity index (χ0n) is 10.4. The molecule has 1 aromatic heterocycles. The van der Waals surface area contributed by atoms with Crippen molar-refractivity contribution in [2.45, 2.75) is 6.92 Å². The number of amides is 1. The van der Waals surface area contributed by atoms with Gasteiger partial charge in [-0.05, 0) is 42.8 Å². The molecular formula is C14H13BrN2O2. The van der Waals surface area contributed by atoms with Crippen LogP contribution in [0.4, 0.5) is 5.82 Å². The van der Waals surface area contributed by atoms with Crippen molar-refractivity contribution in [1.82, 2.24) is 4.98 Å². The van der Waals surface area contributed by atoms with Crippen molar-refractivity contribution in [2.24, 2.45) is 0 Å². The van der Waals surface area contributed by atoms with Gasteiger partial charge >= 0.3 is 0 Å². The molecule has 2 rings (SSSR count). The highest BCUT2D eigenvalue weighted by Crippen LogP contribution is 2.21. The molecule has 0 atom stereocenters. The highest BCUT2D eigenvalue weighted by molar-refractivity contribution is 9.10. The summed E-state index contributed by atoms with van der Waals surface area (Å²) in [6.45, 7) is 1.92. The highest BCUT2D eigenvalue weighted by atomic mass is 79.9. The smallest absolute Gasteiger partial charge is 0.263 e. The lowest BCUT2D eigenvalue weighted by Crippen LogP contribution is -2.20. The van der Waals surface area contributed by atoms with Crippen molar-refractivity contribution < 1.29 is 9.53 Å². The number of aryl methyl sites for hydroxylation is 1. The zero-order valence-corrected chi connectivity index (χ0v) is 12.0. The molecule has 2 aromatic rings. The molecule has 1 aromatic carbocycles. The molecule has 0 saturated carbocycles. The van der Waals surface area contributed by atoms with Gasteiger partial charge in [-0.15, -0.1) is 0 Å². The van der Waals surface area contributed by atoms with E-state index in [2.05, 4.69) is 26.2 Å². The Kier molecular flexibility index (Phi) is 4.52. The van der Waals surface area contributed by atoms with Crippen LogP contribution >= 0.6 is 15.9 Å². The molecule has 1 heterocycles. The fourth-order valence-corrected chi connectivity index (χ4v) is 1.72. The molecule has 0 unspecified atom stereocenters. The Labute approximate surface area is 119 Å². The molecule has 0 aliphatic heterocycles. The summed E-state index contributed by atoms with van der Waals surface area (Å²) in [5.74, 6) is 0.944. The second-order valence-electron chi connectivity index (χ2n) is 3.96. The van der Waals surface area contributed by atoms with Crippen LogP contribution in [-0.2, 0) is 4.79 Å². The first-order chi connectivity index (χ1) is 9.15. The van der Waals surface area contributed by atoms with Crippen LogP contribution in [0.15, 0.2) is 47.1 Å². The maximum absolute atomic E-state index is 11.7. The number of rotatable bonds is 4. The summed E-state index contributed by atoms with van der Waals surface area (Å²) < 4.78 is 6.43. The summed E-state index contributed by atoms with van der Waals surface area (Å²) in [4.78, 5) is 15.7. The summed E-state index contributed by atoms with van der Waals surface area (Å²) in [6.07, 6.45) is 1.62. The monoisotopic (exact) mass is 320 g/mol. The minimum atomic E-state index is -0.237. The fraction of sp³-hybridized carbons (Fsp3) is 0.143. The highest BCUT2D eigenvalue weighted by Gasteiger charge is 2.05. The number of pyridine rings is 1. The lowest BCUT2D eigenvalue weighted by atomic mass is 10.2. The van der Waals surface area contributed by atoms with Crippen LogP contribution in [0.5, 0.6) is 5.75 Å². The number of carbonyl (C=O) groups excluding carboxylic acids is 1. The number of hydrogen-bond acceptors (Lipinski definition) is 3. The van der Waals surface area contributed by atoms with E-state index in [1.54, 1.807) is 18.3 Å². The van der Waals surface area contributed by atoms with Crippen molar-refractivity contribution >= 4 is 27.7 Å². The Bertz CT molecular complexity index is 573. The number of halogens is 1. The Balaban J connectivity index is 1.88. The van der Waals surface area contributed by atoms with Crippen LogP contribution in [0, 0.1) is 6.92 Å². The second-order valence-corrected chi connectivity index (χ2v) is 4.82. The van der Waals surface area contributed by atoms with E-state index in [0.717, 1.165) is 10.0 Å². The largest absolute Gasteiger partial charge is 0.484 e. The summed E-state index contributed by atoms with van der Waals surface area (Å²) >= 11 is 3.41. The first kappa shape index (κ1) is 13.5. The van der Waals surface area contributed by atoms with Gasteiger partial charge in [-0.25, -0.2) is 4.98 Å². The van der Waals surface area contributed by atoms with Crippen LogP contribution in [-0.4, -0.2) is 17.5 Å². The van der Waals surface area contributed by atoms with Gasteiger partial charge in [0.1, 0.15) is 11.6 Å². The fourth-order valence-electron chi connectivity index (χ4n) is 1.47. The molecule has 0 saturated heterocycles. The molecule has 5 heteroatoms. The van der Waals surface area contributed by atoms with Gasteiger partial charge in [0.2, 0.25) is 0 Å². The molecule has 1 N–H and O–H groups in total. The Morgan fingerprint density at radius 1 is 1.37 bits per heavy atom. The average molecular weight is 321 g/mol. The Morgan fingerprint density at radius 2 is 2.21 bits per heavy atom. The average Bonchev–Trinajstić information content (AvgIpc) is 2.41. The molecule has 0 aliphatic carbocycles. The van der Waals surface area contributed by atoms with Gasteiger partial charge in [0.25, 0.3) is 5.91 Å². The molecule has 19 heavy (non-hydrogen) atoms. The minimum Gasteiger partial charge on any atom is -0.484 e. The maximum atomic E-state index is 11.7. The van der Waals surface area contributed by atoms with Crippen molar-refractivity contribution in [3.8, 4) is 5.75 Å². The number of ether oxygens (including phenoxy) is 1. The van der Waals surface area contributed by atoms with E-state index < -0.39 is 0 Å². The number of anilines is 1. The van der Waals surface area contributed by atoms with Crippen molar-refractivity contribution in [2.75, 3.05) is 11.9 Å². The van der Waals surface area contributed by atoms with E-state index in [4.69, 9.17) is 4.74 Å². The summed E-state index contributed by atoms with van der Waals surface area (Å²) in [5, 5.41) is 2.65. The number of aromatic nitrogens is 1. The number of hydrogen-bond donors (Lipinski definition) is 1. The molecule has 0 radical (unpaired) electrons. The third kappa shape index (κ3) is 4.06. The van der Waals surface area contributed by atoms with Gasteiger partial charge < -0.3 is 10.1 Å². The number of nitrogens with one attached hydrogen (secondary N) is 1. The van der Waals surface area contributed by atoms with E-state index in [-0.39, 0.29) is 12.5 Å². The topological polar surface area (TPSA) is 51.2 Å². The standard InChI is InChI=1S/C14H13BrN2O2/c1-10-8-11(5-6-12(10)15)19-9-14(18)17-13-4-2-3-7-16-13/h2-8H,9H2,1H3,(H,16,17,18). The number of carbonyl (C=O) groups is 1. The second kappa shape index (κ2) is 6.33. The van der Waals surface area contributed by atoms with Crippen LogP contribution in [0.25, 0.3) is 0 Å². The van der Waals surface area contributed by atoms with Gasteiger partial charge in [0.05, 0.1) is 0 Å². The third-order valence-corrected chi connectivity index (χ3v) is 3.32. The Morgan fingerprint density at radius 3 is 2.89 bits per heavy atom. The minimum absolute atomic E-state index is 0.0440. The summed E-state index contributed by atoms with van der Waals surface area (Å²) in [5.41, 5.74) is 1.06. The van der Waals surface area contributed by atoms with Crippen molar-refractivity contribution in [1.29, 1.82) is 0 Å². The molecule has 0 bridgehead atoms. The van der Waals surface area contributed by atoms with Crippen LogP contribution < -0.4 is 10.1 Å². The first-order valence-corrected chi connectivity index (χ1v) is 6.54. The van der Waals surface area contributed by atoms with E-state index in [9.17, 15) is 4.79 Å². The van der Waals surface area contributed by atoms with Crippen LogP contribution in [0.2, 0.25) is 0 Å². The quantitative estimate of drug-likeness (QED) is 0.941. The molecular weight excluding hydrogens is 308 g/mol. The van der Waals surface area contributed by atoms with Gasteiger partial charge in [0, 0.05) is 10.7 Å². The van der Waals surface area contributed by atoms with E-state index in [1.165, 1.54) is 0 Å². The lowest BCUT2D eigenvalue weighted by molar-refractivity contribution is -0.118. The predicted molar refractivity (Wildman–Crippen MR) is 77.2 cm³/mol. The SMILES string of the molecule is Cc1cc(OCC(=O)Nc2ccccn2)ccc1Br. The van der Waals surface area contributed by atoms with Crippen LogP contribution in [0.1, 0.15) is 5.56 Å². The van der Waals surface area contributed by atoms with Gasteiger partial charge in [-0.3, -0.25) is 4.79 Å². The van der Waals surface area contributed by atoms with E-state index >= 15 is 0 Å². The van der Waals surface area contributed by atoms with E-state index in [1.807, 2.05) is 31.2 Å². The first-order valence-electron chi connectivity index (χ1n) is 5.75. The predicted octanol–water partition coefficient (Wildman–Crippen LogP) is 3.17. The van der Waals surface area contributed by atoms with Gasteiger partial charge in [-0.1, -0.05) is 22.0 Å². The lowest BCUT2D eigenvalue weighted by Gasteiger charge is -2.08. The normalized spacial score (nSPS) is 10.0. The molecule has 0 aliphatic rings. The Hall–Kier alpha value is -1.88. The molecule has 1 amide bonds. The molecule has 98 valence electrons. The number of nitrogens with zero attached hydrogens (tertiary/aromatic N) is 1.